The normalized spacial score (nSPS) is 12.3. The standard InChI is InChI=1S/C14H33NO4Si/c1-6-18-20(5,19-7-2)14-8-9-15(10-12-16-3)11-13-17-4/h6-14H2,1-5H3. The van der Waals surface area contributed by atoms with Gasteiger partial charge in [0.2, 0.25) is 0 Å². The number of rotatable bonds is 14. The maximum absolute atomic E-state index is 5.86. The summed E-state index contributed by atoms with van der Waals surface area (Å²) in [6, 6.07) is 1.03. The molecule has 0 unspecified atom stereocenters. The molecule has 122 valence electrons. The van der Waals surface area contributed by atoms with Crippen LogP contribution in [0.5, 0.6) is 0 Å². The smallest absolute Gasteiger partial charge is 0.334 e. The zero-order chi connectivity index (χ0) is 15.3. The summed E-state index contributed by atoms with van der Waals surface area (Å²) < 4.78 is 22.0. The van der Waals surface area contributed by atoms with Crippen molar-refractivity contribution in [1.29, 1.82) is 0 Å². The van der Waals surface area contributed by atoms with Crippen molar-refractivity contribution in [2.24, 2.45) is 0 Å². The van der Waals surface area contributed by atoms with Crippen molar-refractivity contribution in [3.8, 4) is 0 Å². The van der Waals surface area contributed by atoms with E-state index in [4.69, 9.17) is 18.3 Å². The molecule has 0 heterocycles. The van der Waals surface area contributed by atoms with E-state index in [1.165, 1.54) is 0 Å². The van der Waals surface area contributed by atoms with Gasteiger partial charge in [0, 0.05) is 40.5 Å². The summed E-state index contributed by atoms with van der Waals surface area (Å²) in [5.74, 6) is 0. The Morgan fingerprint density at radius 2 is 1.35 bits per heavy atom. The van der Waals surface area contributed by atoms with Crippen LogP contribution in [0, 0.1) is 0 Å². The highest BCUT2D eigenvalue weighted by Gasteiger charge is 2.30. The Balaban J connectivity index is 4.09. The van der Waals surface area contributed by atoms with Crippen LogP contribution in [-0.2, 0) is 18.3 Å². The van der Waals surface area contributed by atoms with E-state index in [2.05, 4.69) is 11.4 Å². The molecule has 0 atom stereocenters. The Morgan fingerprint density at radius 1 is 0.850 bits per heavy atom. The van der Waals surface area contributed by atoms with E-state index in [-0.39, 0.29) is 0 Å². The minimum atomic E-state index is -1.97. The molecule has 6 heteroatoms. The molecule has 0 fully saturated rings. The van der Waals surface area contributed by atoms with Crippen molar-refractivity contribution in [2.45, 2.75) is 32.9 Å². The highest BCUT2D eigenvalue weighted by molar-refractivity contribution is 6.66. The van der Waals surface area contributed by atoms with Gasteiger partial charge in [0.05, 0.1) is 13.2 Å². The van der Waals surface area contributed by atoms with E-state index >= 15 is 0 Å². The van der Waals surface area contributed by atoms with Crippen LogP contribution < -0.4 is 0 Å². The van der Waals surface area contributed by atoms with Crippen molar-refractivity contribution in [3.05, 3.63) is 0 Å². The molecule has 0 aromatic carbocycles. The molecule has 0 N–H and O–H groups in total. The van der Waals surface area contributed by atoms with Crippen molar-refractivity contribution in [3.63, 3.8) is 0 Å². The second kappa shape index (κ2) is 12.7. The monoisotopic (exact) mass is 307 g/mol. The van der Waals surface area contributed by atoms with Crippen molar-refractivity contribution < 1.29 is 18.3 Å². The first-order valence-electron chi connectivity index (χ1n) is 7.60. The first-order chi connectivity index (χ1) is 9.61. The zero-order valence-corrected chi connectivity index (χ0v) is 14.9. The van der Waals surface area contributed by atoms with E-state index in [9.17, 15) is 0 Å². The third-order valence-electron chi connectivity index (χ3n) is 3.23. The Morgan fingerprint density at radius 3 is 1.75 bits per heavy atom. The highest BCUT2D eigenvalue weighted by atomic mass is 28.4. The van der Waals surface area contributed by atoms with Gasteiger partial charge in [-0.3, -0.25) is 4.90 Å². The molecule has 0 saturated carbocycles. The molecule has 0 aliphatic heterocycles. The number of hydrogen-bond donors (Lipinski definition) is 0. The van der Waals surface area contributed by atoms with Crippen LogP contribution in [0.1, 0.15) is 20.3 Å². The largest absolute Gasteiger partial charge is 0.395 e. The number of hydrogen-bond acceptors (Lipinski definition) is 5. The van der Waals surface area contributed by atoms with Crippen molar-refractivity contribution >= 4 is 8.56 Å². The fourth-order valence-electron chi connectivity index (χ4n) is 2.20. The molecule has 20 heavy (non-hydrogen) atoms. The topological polar surface area (TPSA) is 40.2 Å². The predicted octanol–water partition coefficient (Wildman–Crippen LogP) is 2.12. The second-order valence-electron chi connectivity index (χ2n) is 4.93. The molecule has 5 nitrogen and oxygen atoms in total. The molecule has 0 aromatic rings. The first-order valence-corrected chi connectivity index (χ1v) is 10.1. The summed E-state index contributed by atoms with van der Waals surface area (Å²) in [7, 11) is 1.51. The fraction of sp³-hybridized carbons (Fsp3) is 1.00. The Labute approximate surface area is 125 Å². The molecule has 0 aliphatic rings. The lowest BCUT2D eigenvalue weighted by Crippen LogP contribution is -2.40. The molecule has 0 aromatic heterocycles. The Bertz CT molecular complexity index is 205. The van der Waals surface area contributed by atoms with E-state index in [1.54, 1.807) is 14.2 Å². The zero-order valence-electron chi connectivity index (χ0n) is 13.9. The van der Waals surface area contributed by atoms with Gasteiger partial charge in [-0.15, -0.1) is 0 Å². The van der Waals surface area contributed by atoms with Gasteiger partial charge >= 0.3 is 8.56 Å². The summed E-state index contributed by atoms with van der Waals surface area (Å²) in [4.78, 5) is 2.37. The van der Waals surface area contributed by atoms with E-state index in [0.717, 1.165) is 58.5 Å². The van der Waals surface area contributed by atoms with Crippen LogP contribution in [0.15, 0.2) is 0 Å². The molecule has 0 aliphatic carbocycles. The quantitative estimate of drug-likeness (QED) is 0.460. The summed E-state index contributed by atoms with van der Waals surface area (Å²) in [6.07, 6.45) is 1.09. The minimum absolute atomic E-state index is 0.736. The average Bonchev–Trinajstić information content (AvgIpc) is 2.41. The molecule has 0 saturated heterocycles. The van der Waals surface area contributed by atoms with Crippen molar-refractivity contribution in [1.82, 2.24) is 4.90 Å². The summed E-state index contributed by atoms with van der Waals surface area (Å²) >= 11 is 0. The maximum atomic E-state index is 5.86. The third kappa shape index (κ3) is 9.85. The number of nitrogens with zero attached hydrogens (tertiary/aromatic N) is 1. The molecule has 0 rings (SSSR count). The maximum Gasteiger partial charge on any atom is 0.334 e. The van der Waals surface area contributed by atoms with Gasteiger partial charge in [0.15, 0.2) is 0 Å². The van der Waals surface area contributed by atoms with Crippen LogP contribution in [0.2, 0.25) is 12.6 Å². The van der Waals surface area contributed by atoms with Gasteiger partial charge in [-0.1, -0.05) is 0 Å². The predicted molar refractivity (Wildman–Crippen MR) is 84.5 cm³/mol. The van der Waals surface area contributed by atoms with E-state index in [1.807, 2.05) is 13.8 Å². The van der Waals surface area contributed by atoms with Gasteiger partial charge in [-0.2, -0.15) is 0 Å². The lowest BCUT2D eigenvalue weighted by Gasteiger charge is -2.27. The SMILES string of the molecule is CCO[Si](C)(CCCN(CCOC)CCOC)OCC. The van der Waals surface area contributed by atoms with Gasteiger partial charge < -0.3 is 18.3 Å². The van der Waals surface area contributed by atoms with Crippen LogP contribution in [0.4, 0.5) is 0 Å². The Hall–Kier alpha value is 0.0169. The third-order valence-corrected chi connectivity index (χ3v) is 6.29. The van der Waals surface area contributed by atoms with Crippen LogP contribution in [-0.4, -0.2) is 73.7 Å². The van der Waals surface area contributed by atoms with E-state index in [0.29, 0.717) is 0 Å². The van der Waals surface area contributed by atoms with Gasteiger partial charge in [-0.25, -0.2) is 0 Å². The van der Waals surface area contributed by atoms with Crippen molar-refractivity contribution in [2.75, 3.05) is 60.3 Å². The number of ether oxygens (including phenoxy) is 2. The highest BCUT2D eigenvalue weighted by Crippen LogP contribution is 2.16. The molecular weight excluding hydrogens is 274 g/mol. The lowest BCUT2D eigenvalue weighted by molar-refractivity contribution is 0.113. The van der Waals surface area contributed by atoms with Crippen LogP contribution in [0.3, 0.4) is 0 Å². The Kier molecular flexibility index (Phi) is 12.7. The molecule has 0 amide bonds. The van der Waals surface area contributed by atoms with Gasteiger partial charge in [0.25, 0.3) is 0 Å². The molecular formula is C14H33NO4Si. The molecule has 0 radical (unpaired) electrons. The van der Waals surface area contributed by atoms with E-state index < -0.39 is 8.56 Å². The number of methoxy groups -OCH3 is 2. The lowest BCUT2D eigenvalue weighted by atomic mass is 10.4. The van der Waals surface area contributed by atoms with Crippen LogP contribution >= 0.6 is 0 Å². The summed E-state index contributed by atoms with van der Waals surface area (Å²) in [6.45, 7) is 12.2. The summed E-state index contributed by atoms with van der Waals surface area (Å²) in [5, 5.41) is 0. The van der Waals surface area contributed by atoms with Crippen LogP contribution in [0.25, 0.3) is 0 Å². The second-order valence-corrected chi connectivity index (χ2v) is 8.28. The first kappa shape index (κ1) is 20.0. The average molecular weight is 308 g/mol. The minimum Gasteiger partial charge on any atom is -0.395 e. The van der Waals surface area contributed by atoms with Gasteiger partial charge in [0.1, 0.15) is 0 Å². The summed E-state index contributed by atoms with van der Waals surface area (Å²) in [5.41, 5.74) is 0. The molecule has 0 spiro atoms. The molecule has 0 bridgehead atoms. The van der Waals surface area contributed by atoms with Gasteiger partial charge in [-0.05, 0) is 39.4 Å². The fourth-order valence-corrected chi connectivity index (χ4v) is 4.59.